The number of thioether (sulfide) groups is 1. The molecule has 0 atom stereocenters. The largest absolute Gasteiger partial charge is 0.293 e. The Hall–Kier alpha value is -2.15. The number of rotatable bonds is 4. The molecule has 0 N–H and O–H groups in total. The van der Waals surface area contributed by atoms with Gasteiger partial charge in [0.1, 0.15) is 5.82 Å². The Morgan fingerprint density at radius 2 is 1.81 bits per heavy atom. The van der Waals surface area contributed by atoms with Gasteiger partial charge in [0, 0.05) is 16.1 Å². The Bertz CT molecular complexity index is 924. The van der Waals surface area contributed by atoms with Gasteiger partial charge in [-0.25, -0.2) is 4.39 Å². The summed E-state index contributed by atoms with van der Waals surface area (Å²) in [7, 11) is 0. The van der Waals surface area contributed by atoms with E-state index >= 15 is 0 Å². The molecule has 0 aromatic heterocycles. The molecule has 2 aromatic rings. The molecule has 3 rings (SSSR count). The van der Waals surface area contributed by atoms with Crippen LogP contribution in [0.3, 0.4) is 0 Å². The predicted molar refractivity (Wildman–Crippen MR) is 99.9 cm³/mol. The fourth-order valence-electron chi connectivity index (χ4n) is 2.29. The van der Waals surface area contributed by atoms with Crippen molar-refractivity contribution < 1.29 is 18.8 Å². The summed E-state index contributed by atoms with van der Waals surface area (Å²) in [6, 6.07) is 10.2. The van der Waals surface area contributed by atoms with Gasteiger partial charge in [-0.05, 0) is 54.2 Å². The lowest BCUT2D eigenvalue weighted by atomic mass is 10.1. The van der Waals surface area contributed by atoms with Gasteiger partial charge in [-0.3, -0.25) is 19.3 Å². The first-order chi connectivity index (χ1) is 12.4. The molecule has 2 aromatic carbocycles. The lowest BCUT2D eigenvalue weighted by molar-refractivity contribution is -0.122. The van der Waals surface area contributed by atoms with E-state index in [0.717, 1.165) is 4.90 Å². The van der Waals surface area contributed by atoms with Crippen molar-refractivity contribution in [2.75, 3.05) is 6.54 Å². The van der Waals surface area contributed by atoms with Crippen LogP contribution in [0.15, 0.2) is 47.4 Å². The third-order valence-electron chi connectivity index (χ3n) is 3.62. The highest BCUT2D eigenvalue weighted by molar-refractivity contribution is 8.18. The molecule has 1 heterocycles. The molecule has 0 aliphatic carbocycles. The molecule has 2 amide bonds. The zero-order valence-electron chi connectivity index (χ0n) is 13.0. The molecule has 0 saturated carbocycles. The maximum absolute atomic E-state index is 13.9. The fourth-order valence-corrected chi connectivity index (χ4v) is 3.45. The Labute approximate surface area is 162 Å². The first-order valence-corrected chi connectivity index (χ1v) is 8.92. The maximum Gasteiger partial charge on any atom is 0.293 e. The Morgan fingerprint density at radius 3 is 2.46 bits per heavy atom. The van der Waals surface area contributed by atoms with Gasteiger partial charge >= 0.3 is 0 Å². The van der Waals surface area contributed by atoms with Crippen LogP contribution < -0.4 is 0 Å². The molecule has 0 radical (unpaired) electrons. The maximum atomic E-state index is 13.9. The SMILES string of the molecule is O=C(CN1C(=O)S/C(=C\c2c(F)cccc2Cl)C1=O)c1ccc(Cl)cc1. The summed E-state index contributed by atoms with van der Waals surface area (Å²) in [5, 5.41) is -0.0116. The average Bonchev–Trinajstić information content (AvgIpc) is 2.86. The first kappa shape index (κ1) is 18.6. The molecule has 0 bridgehead atoms. The summed E-state index contributed by atoms with van der Waals surface area (Å²) in [6.45, 7) is -0.408. The van der Waals surface area contributed by atoms with Crippen LogP contribution in [0.25, 0.3) is 6.08 Å². The Kier molecular flexibility index (Phi) is 5.46. The van der Waals surface area contributed by atoms with Crippen molar-refractivity contribution in [3.05, 3.63) is 74.4 Å². The number of Topliss-reactive ketones (excluding diaryl/α,β-unsaturated/α-hetero) is 1. The number of halogens is 3. The monoisotopic (exact) mass is 409 g/mol. The second kappa shape index (κ2) is 7.61. The number of hydrogen-bond acceptors (Lipinski definition) is 4. The standard InChI is InChI=1S/C18H10Cl2FNO3S/c19-11-6-4-10(5-7-11)15(23)9-22-17(24)16(26-18(22)25)8-12-13(20)2-1-3-14(12)21/h1-8H,9H2/b16-8-. The van der Waals surface area contributed by atoms with E-state index in [1.807, 2.05) is 0 Å². The van der Waals surface area contributed by atoms with Crippen LogP contribution >= 0.6 is 35.0 Å². The van der Waals surface area contributed by atoms with Crippen molar-refractivity contribution in [2.45, 2.75) is 0 Å². The zero-order chi connectivity index (χ0) is 18.8. The van der Waals surface area contributed by atoms with Crippen LogP contribution in [0.5, 0.6) is 0 Å². The summed E-state index contributed by atoms with van der Waals surface area (Å²) in [5.74, 6) is -1.68. The summed E-state index contributed by atoms with van der Waals surface area (Å²) >= 11 is 12.3. The zero-order valence-corrected chi connectivity index (χ0v) is 15.4. The molecule has 0 spiro atoms. The molecule has 4 nitrogen and oxygen atoms in total. The van der Waals surface area contributed by atoms with Crippen LogP contribution in [-0.4, -0.2) is 28.4 Å². The van der Waals surface area contributed by atoms with Crippen LogP contribution in [0.2, 0.25) is 10.0 Å². The molecule has 1 fully saturated rings. The number of imide groups is 1. The van der Waals surface area contributed by atoms with Crippen molar-refractivity contribution in [3.8, 4) is 0 Å². The van der Waals surface area contributed by atoms with Crippen LogP contribution in [0.1, 0.15) is 15.9 Å². The van der Waals surface area contributed by atoms with Crippen LogP contribution in [0, 0.1) is 5.82 Å². The normalized spacial score (nSPS) is 15.8. The smallest absolute Gasteiger partial charge is 0.292 e. The number of carbonyl (C=O) groups excluding carboxylic acids is 3. The average molecular weight is 410 g/mol. The number of carbonyl (C=O) groups is 3. The molecule has 1 aliphatic heterocycles. The molecule has 1 saturated heterocycles. The number of benzene rings is 2. The topological polar surface area (TPSA) is 54.5 Å². The quantitative estimate of drug-likeness (QED) is 0.523. The summed E-state index contributed by atoms with van der Waals surface area (Å²) in [5.41, 5.74) is 0.346. The van der Waals surface area contributed by atoms with Gasteiger partial charge in [0.05, 0.1) is 16.5 Å². The fraction of sp³-hybridized carbons (Fsp3) is 0.0556. The van der Waals surface area contributed by atoms with Crippen molar-refractivity contribution in [2.24, 2.45) is 0 Å². The predicted octanol–water partition coefficient (Wildman–Crippen LogP) is 5.05. The highest BCUT2D eigenvalue weighted by Crippen LogP contribution is 2.34. The third-order valence-corrected chi connectivity index (χ3v) is 5.11. The first-order valence-electron chi connectivity index (χ1n) is 7.35. The van der Waals surface area contributed by atoms with E-state index in [2.05, 4.69) is 0 Å². The minimum atomic E-state index is -0.665. The van der Waals surface area contributed by atoms with E-state index in [0.29, 0.717) is 22.3 Å². The summed E-state index contributed by atoms with van der Waals surface area (Å²) in [6.07, 6.45) is 1.22. The molecular formula is C18H10Cl2FNO3S. The van der Waals surface area contributed by atoms with Gasteiger partial charge < -0.3 is 0 Å². The molecule has 0 unspecified atom stereocenters. The van der Waals surface area contributed by atoms with E-state index < -0.39 is 29.3 Å². The molecule has 1 aliphatic rings. The minimum Gasteiger partial charge on any atom is -0.292 e. The van der Waals surface area contributed by atoms with E-state index in [4.69, 9.17) is 23.2 Å². The highest BCUT2D eigenvalue weighted by Gasteiger charge is 2.36. The van der Waals surface area contributed by atoms with Crippen molar-refractivity contribution >= 4 is 58.0 Å². The minimum absolute atomic E-state index is 0.00547. The second-order valence-corrected chi connectivity index (χ2v) is 7.17. The highest BCUT2D eigenvalue weighted by atomic mass is 35.5. The number of ketones is 1. The molecule has 26 heavy (non-hydrogen) atoms. The molecule has 8 heteroatoms. The number of hydrogen-bond donors (Lipinski definition) is 0. The van der Waals surface area contributed by atoms with E-state index in [1.54, 1.807) is 12.1 Å². The Morgan fingerprint density at radius 1 is 1.12 bits per heavy atom. The van der Waals surface area contributed by atoms with Gasteiger partial charge in [-0.1, -0.05) is 29.3 Å². The van der Waals surface area contributed by atoms with Gasteiger partial charge in [0.15, 0.2) is 5.78 Å². The summed E-state index contributed by atoms with van der Waals surface area (Å²) < 4.78 is 13.9. The molecule has 132 valence electrons. The van der Waals surface area contributed by atoms with Gasteiger partial charge in [0.25, 0.3) is 11.1 Å². The lowest BCUT2D eigenvalue weighted by Crippen LogP contribution is -2.33. The third kappa shape index (κ3) is 3.82. The second-order valence-electron chi connectivity index (χ2n) is 5.33. The van der Waals surface area contributed by atoms with Crippen LogP contribution in [0.4, 0.5) is 9.18 Å². The number of nitrogens with zero attached hydrogens (tertiary/aromatic N) is 1. The van der Waals surface area contributed by atoms with E-state index in [-0.39, 0.29) is 15.5 Å². The van der Waals surface area contributed by atoms with Gasteiger partial charge in [0.2, 0.25) is 0 Å². The molecular weight excluding hydrogens is 400 g/mol. The van der Waals surface area contributed by atoms with Gasteiger partial charge in [-0.15, -0.1) is 0 Å². The van der Waals surface area contributed by atoms with Crippen molar-refractivity contribution in [3.63, 3.8) is 0 Å². The lowest BCUT2D eigenvalue weighted by Gasteiger charge is -2.11. The van der Waals surface area contributed by atoms with Gasteiger partial charge in [-0.2, -0.15) is 0 Å². The number of amides is 2. The van der Waals surface area contributed by atoms with Crippen molar-refractivity contribution in [1.29, 1.82) is 0 Å². The van der Waals surface area contributed by atoms with E-state index in [9.17, 15) is 18.8 Å². The van der Waals surface area contributed by atoms with E-state index in [1.165, 1.54) is 36.4 Å². The van der Waals surface area contributed by atoms with Crippen molar-refractivity contribution in [1.82, 2.24) is 4.90 Å². The van der Waals surface area contributed by atoms with Crippen LogP contribution in [-0.2, 0) is 4.79 Å². The summed E-state index contributed by atoms with van der Waals surface area (Å²) in [4.78, 5) is 37.6. The Balaban J connectivity index is 1.82.